The molecule has 0 spiro atoms. The average Bonchev–Trinajstić information content (AvgIpc) is 2.78. The van der Waals surface area contributed by atoms with Gasteiger partial charge in [0.15, 0.2) is 0 Å². The smallest absolute Gasteiger partial charge is 0.0659 e. The van der Waals surface area contributed by atoms with Crippen molar-refractivity contribution in [2.45, 2.75) is 12.6 Å². The Morgan fingerprint density at radius 1 is 1.29 bits per heavy atom. The molecule has 1 aromatic carbocycles. The highest BCUT2D eigenvalue weighted by atomic mass is 15.3. The van der Waals surface area contributed by atoms with Gasteiger partial charge in [0.2, 0.25) is 0 Å². The molecule has 0 radical (unpaired) electrons. The second-order valence-corrected chi connectivity index (χ2v) is 4.40. The van der Waals surface area contributed by atoms with Crippen LogP contribution in [0.4, 0.5) is 5.69 Å². The molecule has 0 unspecified atom stereocenters. The molecule has 0 atom stereocenters. The van der Waals surface area contributed by atoms with Gasteiger partial charge in [-0.3, -0.25) is 4.68 Å². The molecule has 2 N–H and O–H groups in total. The quantitative estimate of drug-likeness (QED) is 0.829. The van der Waals surface area contributed by atoms with E-state index in [0.717, 1.165) is 19.6 Å². The Bertz CT molecular complexity index is 457. The van der Waals surface area contributed by atoms with Crippen LogP contribution in [0, 0.1) is 0 Å². The van der Waals surface area contributed by atoms with Crippen molar-refractivity contribution in [3.8, 4) is 0 Å². The van der Waals surface area contributed by atoms with E-state index in [1.54, 1.807) is 6.20 Å². The summed E-state index contributed by atoms with van der Waals surface area (Å²) in [5.74, 6) is 0. The van der Waals surface area contributed by atoms with Gasteiger partial charge in [0, 0.05) is 31.2 Å². The van der Waals surface area contributed by atoms with Crippen molar-refractivity contribution in [2.75, 3.05) is 18.4 Å². The molecule has 4 heteroatoms. The maximum absolute atomic E-state index is 4.20. The minimum absolute atomic E-state index is 0.590. The molecule has 4 nitrogen and oxygen atoms in total. The lowest BCUT2D eigenvalue weighted by Gasteiger charge is -2.29. The van der Waals surface area contributed by atoms with Gasteiger partial charge in [-0.15, -0.1) is 0 Å². The standard InChI is InChI=1S/C13H16N4/c1-6-15-17(7-1)10-11-2-4-12(5-3-11)16-13-8-14-9-13/h1-7,13-14,16H,8-10H2. The van der Waals surface area contributed by atoms with Crippen molar-refractivity contribution in [3.63, 3.8) is 0 Å². The summed E-state index contributed by atoms with van der Waals surface area (Å²) in [5.41, 5.74) is 2.46. The third-order valence-electron chi connectivity index (χ3n) is 3.01. The van der Waals surface area contributed by atoms with E-state index in [9.17, 15) is 0 Å². The summed E-state index contributed by atoms with van der Waals surface area (Å²) in [4.78, 5) is 0. The lowest BCUT2D eigenvalue weighted by atomic mass is 10.1. The molecule has 1 saturated heterocycles. The second-order valence-electron chi connectivity index (χ2n) is 4.40. The van der Waals surface area contributed by atoms with Crippen LogP contribution >= 0.6 is 0 Å². The molecule has 2 aromatic rings. The van der Waals surface area contributed by atoms with Gasteiger partial charge >= 0.3 is 0 Å². The number of anilines is 1. The fourth-order valence-corrected chi connectivity index (χ4v) is 1.91. The molecular weight excluding hydrogens is 212 g/mol. The zero-order valence-electron chi connectivity index (χ0n) is 9.63. The monoisotopic (exact) mass is 228 g/mol. The zero-order chi connectivity index (χ0) is 11.5. The zero-order valence-corrected chi connectivity index (χ0v) is 9.63. The third kappa shape index (κ3) is 2.47. The predicted octanol–water partition coefficient (Wildman–Crippen LogP) is 1.32. The average molecular weight is 228 g/mol. The van der Waals surface area contributed by atoms with E-state index in [-0.39, 0.29) is 0 Å². The van der Waals surface area contributed by atoms with E-state index in [0.29, 0.717) is 6.04 Å². The summed E-state index contributed by atoms with van der Waals surface area (Å²) in [6.45, 7) is 2.96. The minimum atomic E-state index is 0.590. The molecule has 1 aromatic heterocycles. The second kappa shape index (κ2) is 4.59. The van der Waals surface area contributed by atoms with Crippen LogP contribution in [0.3, 0.4) is 0 Å². The Balaban J connectivity index is 1.63. The fourth-order valence-electron chi connectivity index (χ4n) is 1.91. The van der Waals surface area contributed by atoms with Crippen molar-refractivity contribution >= 4 is 5.69 Å². The first-order chi connectivity index (χ1) is 8.40. The summed E-state index contributed by atoms with van der Waals surface area (Å²) in [5, 5.41) is 10.9. The molecule has 3 rings (SSSR count). The number of benzene rings is 1. The van der Waals surface area contributed by atoms with Gasteiger partial charge in [-0.25, -0.2) is 0 Å². The first-order valence-corrected chi connectivity index (χ1v) is 5.94. The summed E-state index contributed by atoms with van der Waals surface area (Å²) >= 11 is 0. The molecule has 88 valence electrons. The molecule has 1 fully saturated rings. The highest BCUT2D eigenvalue weighted by Gasteiger charge is 2.15. The Morgan fingerprint density at radius 2 is 2.12 bits per heavy atom. The van der Waals surface area contributed by atoms with Crippen LogP contribution in [0.15, 0.2) is 42.7 Å². The normalized spacial score (nSPS) is 15.5. The predicted molar refractivity (Wildman–Crippen MR) is 68.1 cm³/mol. The maximum atomic E-state index is 4.20. The number of rotatable bonds is 4. The molecule has 0 aliphatic carbocycles. The minimum Gasteiger partial charge on any atom is -0.380 e. The van der Waals surface area contributed by atoms with Gasteiger partial charge in [-0.1, -0.05) is 12.1 Å². The number of hydrogen-bond acceptors (Lipinski definition) is 3. The van der Waals surface area contributed by atoms with Crippen LogP contribution in [0.25, 0.3) is 0 Å². The van der Waals surface area contributed by atoms with E-state index in [1.165, 1.54) is 11.3 Å². The lowest BCUT2D eigenvalue weighted by Crippen LogP contribution is -2.51. The van der Waals surface area contributed by atoms with Crippen LogP contribution in [0.1, 0.15) is 5.56 Å². The Morgan fingerprint density at radius 3 is 2.71 bits per heavy atom. The maximum Gasteiger partial charge on any atom is 0.0659 e. The van der Waals surface area contributed by atoms with Gasteiger partial charge in [-0.2, -0.15) is 5.10 Å². The molecule has 1 aliphatic rings. The Kier molecular flexibility index (Phi) is 2.80. The Hall–Kier alpha value is -1.81. The van der Waals surface area contributed by atoms with Crippen LogP contribution in [-0.4, -0.2) is 28.9 Å². The first-order valence-electron chi connectivity index (χ1n) is 5.94. The molecular formula is C13H16N4. The molecule has 0 saturated carbocycles. The molecule has 0 bridgehead atoms. The fraction of sp³-hybridized carbons (Fsp3) is 0.308. The lowest BCUT2D eigenvalue weighted by molar-refractivity contribution is 0.472. The molecule has 17 heavy (non-hydrogen) atoms. The van der Waals surface area contributed by atoms with Gasteiger partial charge in [0.1, 0.15) is 0 Å². The van der Waals surface area contributed by atoms with E-state index < -0.39 is 0 Å². The number of aromatic nitrogens is 2. The van der Waals surface area contributed by atoms with Crippen molar-refractivity contribution in [3.05, 3.63) is 48.3 Å². The molecule has 1 aliphatic heterocycles. The number of hydrogen-bond donors (Lipinski definition) is 2. The summed E-state index contributed by atoms with van der Waals surface area (Å²) in [7, 11) is 0. The highest BCUT2D eigenvalue weighted by molar-refractivity contribution is 5.46. The third-order valence-corrected chi connectivity index (χ3v) is 3.01. The van der Waals surface area contributed by atoms with Crippen molar-refractivity contribution < 1.29 is 0 Å². The van der Waals surface area contributed by atoms with Gasteiger partial charge in [0.25, 0.3) is 0 Å². The molecule has 0 amide bonds. The van der Waals surface area contributed by atoms with Crippen molar-refractivity contribution in [1.82, 2.24) is 15.1 Å². The summed E-state index contributed by atoms with van der Waals surface area (Å²) in [6.07, 6.45) is 3.78. The van der Waals surface area contributed by atoms with Gasteiger partial charge in [-0.05, 0) is 23.8 Å². The first kappa shape index (κ1) is 10.4. The van der Waals surface area contributed by atoms with E-state index in [1.807, 2.05) is 16.9 Å². The van der Waals surface area contributed by atoms with Crippen LogP contribution in [0.2, 0.25) is 0 Å². The van der Waals surface area contributed by atoms with Crippen LogP contribution < -0.4 is 10.6 Å². The topological polar surface area (TPSA) is 41.9 Å². The van der Waals surface area contributed by atoms with Crippen LogP contribution in [-0.2, 0) is 6.54 Å². The number of nitrogens with zero attached hydrogens (tertiary/aromatic N) is 2. The summed E-state index contributed by atoms with van der Waals surface area (Å²) in [6, 6.07) is 11.1. The number of nitrogens with one attached hydrogen (secondary N) is 2. The van der Waals surface area contributed by atoms with E-state index >= 15 is 0 Å². The van der Waals surface area contributed by atoms with Gasteiger partial charge in [0.05, 0.1) is 12.6 Å². The Labute approximate surface area is 101 Å². The van der Waals surface area contributed by atoms with E-state index in [4.69, 9.17) is 0 Å². The highest BCUT2D eigenvalue weighted by Crippen LogP contribution is 2.12. The molecule has 2 heterocycles. The van der Waals surface area contributed by atoms with Crippen molar-refractivity contribution in [1.29, 1.82) is 0 Å². The van der Waals surface area contributed by atoms with Gasteiger partial charge < -0.3 is 10.6 Å². The summed E-state index contributed by atoms with van der Waals surface area (Å²) < 4.78 is 1.93. The largest absolute Gasteiger partial charge is 0.380 e. The van der Waals surface area contributed by atoms with Crippen LogP contribution in [0.5, 0.6) is 0 Å². The van der Waals surface area contributed by atoms with Crippen molar-refractivity contribution in [2.24, 2.45) is 0 Å². The van der Waals surface area contributed by atoms with E-state index in [2.05, 4.69) is 40.0 Å². The SMILES string of the molecule is c1cnn(Cc2ccc(NC3CNC3)cc2)c1.